The summed E-state index contributed by atoms with van der Waals surface area (Å²) in [7, 11) is -6.66. The van der Waals surface area contributed by atoms with Gasteiger partial charge in [0.2, 0.25) is 10.0 Å². The number of sulfonamides is 2. The quantitative estimate of drug-likeness (QED) is 0.350. The van der Waals surface area contributed by atoms with Gasteiger partial charge >= 0.3 is 0 Å². The lowest BCUT2D eigenvalue weighted by Crippen LogP contribution is -2.50. The molecule has 0 aromatic heterocycles. The van der Waals surface area contributed by atoms with Gasteiger partial charge in [-0.3, -0.25) is 9.52 Å². The number of carbonyl (C=O) groups is 1. The van der Waals surface area contributed by atoms with Crippen molar-refractivity contribution in [2.75, 3.05) is 31.5 Å². The van der Waals surface area contributed by atoms with Crippen molar-refractivity contribution in [3.8, 4) is 5.75 Å². The molecule has 1 aliphatic rings. The average Bonchev–Trinajstić information content (AvgIpc) is 2.95. The molecule has 3 atom stereocenters. The molecule has 3 aromatic carbocycles. The van der Waals surface area contributed by atoms with E-state index in [0.717, 1.165) is 4.31 Å². The highest BCUT2D eigenvalue weighted by atomic mass is 35.5. The summed E-state index contributed by atoms with van der Waals surface area (Å²) in [6, 6.07) is 15.2. The number of halogens is 2. The molecule has 2 N–H and O–H groups in total. The van der Waals surface area contributed by atoms with Crippen LogP contribution in [-0.4, -0.2) is 75.9 Å². The number of aliphatic hydroxyl groups is 1. The van der Waals surface area contributed by atoms with Crippen LogP contribution in [0.5, 0.6) is 5.75 Å². The van der Waals surface area contributed by atoms with Crippen molar-refractivity contribution >= 4 is 54.8 Å². The second-order valence-electron chi connectivity index (χ2n) is 10.1. The Kier molecular flexibility index (Phi) is 9.75. The predicted octanol–water partition coefficient (Wildman–Crippen LogP) is 4.34. The van der Waals surface area contributed by atoms with E-state index in [-0.39, 0.29) is 46.5 Å². The van der Waals surface area contributed by atoms with E-state index in [1.807, 2.05) is 0 Å². The summed E-state index contributed by atoms with van der Waals surface area (Å²) < 4.78 is 63.2. The third-order valence-corrected chi connectivity index (χ3v) is 10.7. The molecule has 1 amide bonds. The number of benzene rings is 3. The maximum atomic E-state index is 13.7. The van der Waals surface area contributed by atoms with Crippen LogP contribution in [0.2, 0.25) is 10.0 Å². The SMILES string of the molecule is C[C@@H]1CN([C@@H](C)CO)C(=O)c2cccc(NS(=O)(=O)c3ccc(Cl)cc3)c2O[C@H]1CN(C)S(=O)(=O)c1ccc(Cl)cc1. The summed E-state index contributed by atoms with van der Waals surface area (Å²) in [4.78, 5) is 15.1. The third kappa shape index (κ3) is 6.85. The molecule has 3 aromatic rings. The Morgan fingerprint density at radius 1 is 1.00 bits per heavy atom. The van der Waals surface area contributed by atoms with Crippen molar-refractivity contribution in [1.29, 1.82) is 0 Å². The number of anilines is 1. The van der Waals surface area contributed by atoms with Gasteiger partial charge in [0.05, 0.1) is 40.2 Å². The third-order valence-electron chi connectivity index (χ3n) is 7.02. The van der Waals surface area contributed by atoms with Crippen molar-refractivity contribution in [2.24, 2.45) is 5.92 Å². The van der Waals surface area contributed by atoms with Gasteiger partial charge in [0.25, 0.3) is 15.9 Å². The van der Waals surface area contributed by atoms with Crippen LogP contribution in [0.15, 0.2) is 76.5 Å². The maximum Gasteiger partial charge on any atom is 0.262 e. The number of nitrogens with one attached hydrogen (secondary N) is 1. The molecule has 1 aliphatic heterocycles. The largest absolute Gasteiger partial charge is 0.486 e. The topological polar surface area (TPSA) is 133 Å². The van der Waals surface area contributed by atoms with Crippen molar-refractivity contribution < 1.29 is 31.5 Å². The first-order valence-electron chi connectivity index (χ1n) is 13.0. The number of para-hydroxylation sites is 1. The summed E-state index contributed by atoms with van der Waals surface area (Å²) >= 11 is 11.9. The number of hydrogen-bond donors (Lipinski definition) is 2. The van der Waals surface area contributed by atoms with Gasteiger partial charge in [-0.25, -0.2) is 16.8 Å². The Bertz CT molecular complexity index is 1650. The highest BCUT2D eigenvalue weighted by molar-refractivity contribution is 7.92. The Morgan fingerprint density at radius 2 is 1.57 bits per heavy atom. The first-order chi connectivity index (χ1) is 19.7. The fourth-order valence-corrected chi connectivity index (χ4v) is 6.99. The number of likely N-dealkylation sites (N-methyl/N-ethyl adjacent to an activating group) is 1. The van der Waals surface area contributed by atoms with E-state index in [1.54, 1.807) is 13.8 Å². The normalized spacial score (nSPS) is 18.5. The van der Waals surface area contributed by atoms with E-state index in [4.69, 9.17) is 27.9 Å². The molecule has 1 heterocycles. The van der Waals surface area contributed by atoms with Crippen molar-refractivity contribution in [3.63, 3.8) is 0 Å². The fraction of sp³-hybridized carbons (Fsp3) is 0.321. The molecule has 0 unspecified atom stereocenters. The number of ether oxygens (including phenoxy) is 1. The van der Waals surface area contributed by atoms with Crippen LogP contribution in [0, 0.1) is 5.92 Å². The summed E-state index contributed by atoms with van der Waals surface area (Å²) in [5.41, 5.74) is 0.0569. The highest BCUT2D eigenvalue weighted by Gasteiger charge is 2.36. The summed E-state index contributed by atoms with van der Waals surface area (Å²) in [6.45, 7) is 3.20. The van der Waals surface area contributed by atoms with E-state index in [0.29, 0.717) is 10.0 Å². The molecule has 0 saturated heterocycles. The molecule has 14 heteroatoms. The monoisotopic (exact) mass is 655 g/mol. The Hall–Kier alpha value is -2.87. The van der Waals surface area contributed by atoms with E-state index in [9.17, 15) is 26.7 Å². The van der Waals surface area contributed by atoms with Crippen LogP contribution in [0.4, 0.5) is 5.69 Å². The van der Waals surface area contributed by atoms with E-state index in [2.05, 4.69) is 4.72 Å². The number of fused-ring (bicyclic) bond motifs is 1. The highest BCUT2D eigenvalue weighted by Crippen LogP contribution is 2.36. The molecule has 4 rings (SSSR count). The smallest absolute Gasteiger partial charge is 0.262 e. The minimum atomic E-state index is -4.12. The molecule has 0 spiro atoms. The van der Waals surface area contributed by atoms with Gasteiger partial charge in [0.15, 0.2) is 5.75 Å². The molecular weight excluding hydrogens is 625 g/mol. The van der Waals surface area contributed by atoms with Gasteiger partial charge in [-0.2, -0.15) is 4.31 Å². The maximum absolute atomic E-state index is 13.7. The first kappa shape index (κ1) is 32.1. The van der Waals surface area contributed by atoms with E-state index < -0.39 is 44.0 Å². The van der Waals surface area contributed by atoms with Gasteiger partial charge < -0.3 is 14.7 Å². The van der Waals surface area contributed by atoms with Crippen LogP contribution in [0.1, 0.15) is 24.2 Å². The standard InChI is InChI=1S/C28H31Cl2N3O7S2/c1-18-15-33(19(2)17-34)28(35)24-5-4-6-25(31-41(36,37)22-11-7-20(29)8-12-22)27(24)40-26(18)16-32(3)42(38,39)23-13-9-21(30)10-14-23/h4-14,18-19,26,31,34H,15-17H2,1-3H3/t18-,19+,26+/m1/s1. The fourth-order valence-electron chi connectivity index (χ4n) is 4.50. The Balaban J connectivity index is 1.76. The summed E-state index contributed by atoms with van der Waals surface area (Å²) in [6.07, 6.45) is -0.821. The molecule has 0 radical (unpaired) electrons. The van der Waals surface area contributed by atoms with Crippen LogP contribution in [0.25, 0.3) is 0 Å². The van der Waals surface area contributed by atoms with E-state index >= 15 is 0 Å². The Morgan fingerprint density at radius 3 is 2.14 bits per heavy atom. The zero-order valence-electron chi connectivity index (χ0n) is 23.1. The van der Waals surface area contributed by atoms with Crippen LogP contribution in [-0.2, 0) is 20.0 Å². The lowest BCUT2D eigenvalue weighted by molar-refractivity contribution is 0.0389. The zero-order valence-corrected chi connectivity index (χ0v) is 26.2. The molecule has 10 nitrogen and oxygen atoms in total. The number of aliphatic hydroxyl groups excluding tert-OH is 1. The zero-order chi connectivity index (χ0) is 30.8. The average molecular weight is 657 g/mol. The molecule has 226 valence electrons. The van der Waals surface area contributed by atoms with Gasteiger partial charge in [0, 0.05) is 29.6 Å². The number of carbonyl (C=O) groups excluding carboxylic acids is 1. The number of amides is 1. The molecule has 0 fully saturated rings. The van der Waals surface area contributed by atoms with Gasteiger partial charge in [-0.15, -0.1) is 0 Å². The molecule has 0 saturated carbocycles. The van der Waals surface area contributed by atoms with E-state index in [1.165, 1.54) is 78.7 Å². The van der Waals surface area contributed by atoms with Crippen LogP contribution < -0.4 is 9.46 Å². The van der Waals surface area contributed by atoms with Gasteiger partial charge in [-0.05, 0) is 67.6 Å². The van der Waals surface area contributed by atoms with Crippen LogP contribution in [0.3, 0.4) is 0 Å². The second-order valence-corrected chi connectivity index (χ2v) is 14.7. The number of hydrogen-bond acceptors (Lipinski definition) is 7. The minimum Gasteiger partial charge on any atom is -0.486 e. The first-order valence-corrected chi connectivity index (χ1v) is 16.6. The van der Waals surface area contributed by atoms with Crippen molar-refractivity contribution in [1.82, 2.24) is 9.21 Å². The second kappa shape index (κ2) is 12.8. The van der Waals surface area contributed by atoms with Crippen LogP contribution >= 0.6 is 23.2 Å². The molecule has 0 bridgehead atoms. The molecule has 0 aliphatic carbocycles. The Labute approximate surface area is 255 Å². The predicted molar refractivity (Wildman–Crippen MR) is 161 cm³/mol. The van der Waals surface area contributed by atoms with Crippen molar-refractivity contribution in [3.05, 3.63) is 82.3 Å². The summed E-state index contributed by atoms with van der Waals surface area (Å²) in [5, 5.41) is 10.6. The lowest BCUT2D eigenvalue weighted by Gasteiger charge is -2.38. The molecule has 42 heavy (non-hydrogen) atoms. The molecular formula is C28H31Cl2N3O7S2. The van der Waals surface area contributed by atoms with Crippen molar-refractivity contribution in [2.45, 2.75) is 35.8 Å². The minimum absolute atomic E-state index is 0.00490. The van der Waals surface area contributed by atoms with Gasteiger partial charge in [-0.1, -0.05) is 36.2 Å². The number of rotatable bonds is 9. The lowest BCUT2D eigenvalue weighted by atomic mass is 9.99. The summed E-state index contributed by atoms with van der Waals surface area (Å²) in [5.74, 6) is -0.949. The van der Waals surface area contributed by atoms with Gasteiger partial charge in [0.1, 0.15) is 6.10 Å². The number of nitrogens with zero attached hydrogens (tertiary/aromatic N) is 2.